The third-order valence-corrected chi connectivity index (χ3v) is 3.28. The number of hydrogen-bond acceptors (Lipinski definition) is 6. The number of amides is 1. The zero-order valence-electron chi connectivity index (χ0n) is 10.0. The van der Waals surface area contributed by atoms with Gasteiger partial charge in [0, 0.05) is 5.75 Å². The summed E-state index contributed by atoms with van der Waals surface area (Å²) in [7, 11) is 0. The van der Waals surface area contributed by atoms with Crippen molar-refractivity contribution in [2.75, 3.05) is 5.73 Å². The van der Waals surface area contributed by atoms with Crippen molar-refractivity contribution in [3.63, 3.8) is 0 Å². The van der Waals surface area contributed by atoms with Crippen LogP contribution in [0, 0.1) is 0 Å². The highest BCUT2D eigenvalue weighted by molar-refractivity contribution is 7.98. The van der Waals surface area contributed by atoms with Gasteiger partial charge in [-0.05, 0) is 24.3 Å². The molecule has 98 valence electrons. The molecule has 5 N–H and O–H groups in total. The van der Waals surface area contributed by atoms with Gasteiger partial charge in [-0.3, -0.25) is 10.2 Å². The largest absolute Gasteiger partial charge is 0.397 e. The second kappa shape index (κ2) is 6.17. The van der Waals surface area contributed by atoms with E-state index in [0.717, 1.165) is 10.7 Å². The van der Waals surface area contributed by atoms with Gasteiger partial charge in [0.1, 0.15) is 5.69 Å². The van der Waals surface area contributed by atoms with E-state index in [2.05, 4.69) is 15.4 Å². The van der Waals surface area contributed by atoms with Crippen molar-refractivity contribution >= 4 is 23.4 Å². The Morgan fingerprint density at radius 1 is 1.32 bits per heavy atom. The van der Waals surface area contributed by atoms with E-state index in [1.165, 1.54) is 11.8 Å². The number of nitrogen functional groups attached to an aromatic ring is 2. The van der Waals surface area contributed by atoms with Crippen LogP contribution in [0.15, 0.2) is 41.6 Å². The van der Waals surface area contributed by atoms with Gasteiger partial charge in [0.2, 0.25) is 0 Å². The number of carbonyl (C=O) groups excluding carboxylic acids is 1. The maximum Gasteiger partial charge on any atom is 0.283 e. The maximum absolute atomic E-state index is 11.3. The first-order valence-corrected chi connectivity index (χ1v) is 6.49. The van der Waals surface area contributed by atoms with Gasteiger partial charge < -0.3 is 5.73 Å². The second-order valence-electron chi connectivity index (χ2n) is 3.71. The summed E-state index contributed by atoms with van der Waals surface area (Å²) >= 11 is 1.52. The SMILES string of the molecule is NNC(=O)c1cccc(CSc2ccc(N)cn2)n1. The molecule has 0 saturated heterocycles. The molecule has 0 unspecified atom stereocenters. The Labute approximate surface area is 114 Å². The predicted molar refractivity (Wildman–Crippen MR) is 74.1 cm³/mol. The van der Waals surface area contributed by atoms with Crippen LogP contribution in [-0.2, 0) is 5.75 Å². The fourth-order valence-corrected chi connectivity index (χ4v) is 2.13. The molecule has 2 aromatic rings. The van der Waals surface area contributed by atoms with E-state index in [9.17, 15) is 4.79 Å². The first-order valence-electron chi connectivity index (χ1n) is 5.50. The van der Waals surface area contributed by atoms with Gasteiger partial charge in [0.25, 0.3) is 5.91 Å². The van der Waals surface area contributed by atoms with E-state index in [4.69, 9.17) is 11.6 Å². The molecule has 0 radical (unpaired) electrons. The van der Waals surface area contributed by atoms with Crippen molar-refractivity contribution in [3.05, 3.63) is 47.9 Å². The third-order valence-electron chi connectivity index (χ3n) is 2.30. The molecule has 0 atom stereocenters. The highest BCUT2D eigenvalue weighted by Crippen LogP contribution is 2.20. The molecule has 0 bridgehead atoms. The van der Waals surface area contributed by atoms with E-state index in [-0.39, 0.29) is 0 Å². The lowest BCUT2D eigenvalue weighted by atomic mass is 10.3. The van der Waals surface area contributed by atoms with Crippen LogP contribution in [0.3, 0.4) is 0 Å². The highest BCUT2D eigenvalue weighted by Gasteiger charge is 2.06. The van der Waals surface area contributed by atoms with Crippen molar-refractivity contribution in [1.82, 2.24) is 15.4 Å². The lowest BCUT2D eigenvalue weighted by molar-refractivity contribution is 0.0948. The molecule has 0 fully saturated rings. The first kappa shape index (κ1) is 13.3. The van der Waals surface area contributed by atoms with Gasteiger partial charge in [-0.25, -0.2) is 15.8 Å². The van der Waals surface area contributed by atoms with Crippen LogP contribution in [0.4, 0.5) is 5.69 Å². The van der Waals surface area contributed by atoms with Crippen LogP contribution >= 0.6 is 11.8 Å². The molecule has 1 amide bonds. The normalized spacial score (nSPS) is 10.2. The molecule has 0 aliphatic heterocycles. The molecule has 2 rings (SSSR count). The number of aromatic nitrogens is 2. The van der Waals surface area contributed by atoms with Gasteiger partial charge in [-0.2, -0.15) is 0 Å². The summed E-state index contributed by atoms with van der Waals surface area (Å²) in [5.41, 5.74) is 9.32. The Kier molecular flexibility index (Phi) is 4.32. The smallest absolute Gasteiger partial charge is 0.283 e. The second-order valence-corrected chi connectivity index (χ2v) is 4.70. The number of carbonyl (C=O) groups is 1. The topological polar surface area (TPSA) is 107 Å². The van der Waals surface area contributed by atoms with Crippen LogP contribution in [0.1, 0.15) is 16.2 Å². The number of hydrogen-bond donors (Lipinski definition) is 3. The minimum atomic E-state index is -0.405. The number of nitrogens with one attached hydrogen (secondary N) is 1. The monoisotopic (exact) mass is 275 g/mol. The van der Waals surface area contributed by atoms with E-state index < -0.39 is 5.91 Å². The number of hydrazine groups is 1. The van der Waals surface area contributed by atoms with E-state index in [1.807, 2.05) is 12.1 Å². The molecule has 0 saturated carbocycles. The number of nitrogens with two attached hydrogens (primary N) is 2. The average Bonchev–Trinajstić information content (AvgIpc) is 2.46. The fraction of sp³-hybridized carbons (Fsp3) is 0.0833. The summed E-state index contributed by atoms with van der Waals surface area (Å²) in [4.78, 5) is 19.7. The number of nitrogens with zero attached hydrogens (tertiary/aromatic N) is 2. The van der Waals surface area contributed by atoms with Gasteiger partial charge in [-0.15, -0.1) is 11.8 Å². The zero-order chi connectivity index (χ0) is 13.7. The van der Waals surface area contributed by atoms with E-state index >= 15 is 0 Å². The Bertz CT molecular complexity index is 573. The maximum atomic E-state index is 11.3. The van der Waals surface area contributed by atoms with Gasteiger partial charge >= 0.3 is 0 Å². The van der Waals surface area contributed by atoms with E-state index in [1.54, 1.807) is 24.4 Å². The van der Waals surface area contributed by atoms with E-state index in [0.29, 0.717) is 17.1 Å². The van der Waals surface area contributed by atoms with Crippen molar-refractivity contribution in [1.29, 1.82) is 0 Å². The van der Waals surface area contributed by atoms with Crippen molar-refractivity contribution < 1.29 is 4.79 Å². The molecular weight excluding hydrogens is 262 g/mol. The number of rotatable bonds is 4. The Morgan fingerprint density at radius 2 is 2.16 bits per heavy atom. The molecule has 6 nitrogen and oxygen atoms in total. The Balaban J connectivity index is 2.03. The molecule has 19 heavy (non-hydrogen) atoms. The van der Waals surface area contributed by atoms with Gasteiger partial charge in [0.15, 0.2) is 0 Å². The van der Waals surface area contributed by atoms with Gasteiger partial charge in [0.05, 0.1) is 22.6 Å². The van der Waals surface area contributed by atoms with Crippen LogP contribution in [0.25, 0.3) is 0 Å². The van der Waals surface area contributed by atoms with Crippen LogP contribution in [0.5, 0.6) is 0 Å². The van der Waals surface area contributed by atoms with Crippen molar-refractivity contribution in [2.24, 2.45) is 5.84 Å². The minimum Gasteiger partial charge on any atom is -0.397 e. The molecule has 0 spiro atoms. The third kappa shape index (κ3) is 3.67. The summed E-state index contributed by atoms with van der Waals surface area (Å²) in [5, 5.41) is 0.852. The zero-order valence-corrected chi connectivity index (χ0v) is 10.9. The summed E-state index contributed by atoms with van der Waals surface area (Å²) < 4.78 is 0. The molecular formula is C12H13N5OS. The molecule has 0 aliphatic carbocycles. The average molecular weight is 275 g/mol. The number of pyridine rings is 2. The predicted octanol–water partition coefficient (Wildman–Crippen LogP) is 0.955. The fourth-order valence-electron chi connectivity index (χ4n) is 1.39. The number of thioether (sulfide) groups is 1. The molecule has 2 heterocycles. The van der Waals surface area contributed by atoms with Crippen molar-refractivity contribution in [2.45, 2.75) is 10.8 Å². The quantitative estimate of drug-likeness (QED) is 0.332. The summed E-state index contributed by atoms with van der Waals surface area (Å²) in [6.07, 6.45) is 1.61. The summed E-state index contributed by atoms with van der Waals surface area (Å²) in [6.45, 7) is 0. The lowest BCUT2D eigenvalue weighted by Gasteiger charge is -2.03. The van der Waals surface area contributed by atoms with Gasteiger partial charge in [-0.1, -0.05) is 6.07 Å². The van der Waals surface area contributed by atoms with Crippen molar-refractivity contribution in [3.8, 4) is 0 Å². The molecule has 0 aromatic carbocycles. The standard InChI is InChI=1S/C12H13N5OS/c13-8-4-5-11(15-6-8)19-7-9-2-1-3-10(16-9)12(18)17-14/h1-6H,7,13-14H2,(H,17,18). The van der Waals surface area contributed by atoms with Crippen LogP contribution in [-0.4, -0.2) is 15.9 Å². The Morgan fingerprint density at radius 3 is 2.84 bits per heavy atom. The molecule has 7 heteroatoms. The Hall–Kier alpha value is -2.12. The summed E-state index contributed by atoms with van der Waals surface area (Å²) in [6, 6.07) is 8.86. The summed E-state index contributed by atoms with van der Waals surface area (Å²) in [5.74, 6) is 5.28. The molecule has 0 aliphatic rings. The highest BCUT2D eigenvalue weighted by atomic mass is 32.2. The van der Waals surface area contributed by atoms with Crippen LogP contribution < -0.4 is 17.0 Å². The lowest BCUT2D eigenvalue weighted by Crippen LogP contribution is -2.30. The minimum absolute atomic E-state index is 0.297. The first-order chi connectivity index (χ1) is 9.19. The van der Waals surface area contributed by atoms with Crippen LogP contribution in [0.2, 0.25) is 0 Å². The molecule has 2 aromatic heterocycles. The number of anilines is 1.